The first-order valence-electron chi connectivity index (χ1n) is 12.5. The topological polar surface area (TPSA) is 96.0 Å². The quantitative estimate of drug-likeness (QED) is 0.359. The Morgan fingerprint density at radius 1 is 1.03 bits per heavy atom. The Morgan fingerprint density at radius 2 is 1.72 bits per heavy atom. The molecule has 0 bridgehead atoms. The summed E-state index contributed by atoms with van der Waals surface area (Å²) in [6.45, 7) is 6.94. The first-order chi connectivity index (χ1) is 18.5. The van der Waals surface area contributed by atoms with E-state index in [0.29, 0.717) is 22.9 Å². The van der Waals surface area contributed by atoms with Gasteiger partial charge in [-0.25, -0.2) is 8.42 Å². The zero-order chi connectivity index (χ0) is 28.7. The van der Waals surface area contributed by atoms with Gasteiger partial charge in [-0.15, -0.1) is 0 Å². The Morgan fingerprint density at radius 3 is 2.36 bits per heavy atom. The van der Waals surface area contributed by atoms with Crippen molar-refractivity contribution in [3.63, 3.8) is 0 Å². The Hall–Kier alpha value is -3.56. The molecule has 0 heterocycles. The van der Waals surface area contributed by atoms with Crippen molar-refractivity contribution in [1.29, 1.82) is 0 Å². The van der Waals surface area contributed by atoms with Crippen molar-refractivity contribution < 1.29 is 22.7 Å². The fraction of sp³-hybridized carbons (Fsp3) is 0.310. The van der Waals surface area contributed by atoms with Crippen LogP contribution in [-0.4, -0.2) is 51.4 Å². The number of amides is 2. The van der Waals surface area contributed by atoms with Gasteiger partial charge in [0.2, 0.25) is 11.8 Å². The van der Waals surface area contributed by atoms with E-state index in [4.69, 9.17) is 16.3 Å². The van der Waals surface area contributed by atoms with Crippen molar-refractivity contribution in [3.05, 3.63) is 88.4 Å². The molecule has 0 aliphatic heterocycles. The summed E-state index contributed by atoms with van der Waals surface area (Å²) in [5.74, 6) is -0.295. The molecule has 208 valence electrons. The summed E-state index contributed by atoms with van der Waals surface area (Å²) in [4.78, 5) is 28.2. The maximum absolute atomic E-state index is 13.9. The van der Waals surface area contributed by atoms with Crippen molar-refractivity contribution in [2.24, 2.45) is 0 Å². The maximum Gasteiger partial charge on any atom is 0.264 e. The molecule has 3 rings (SSSR count). The highest BCUT2D eigenvalue weighted by Gasteiger charge is 2.33. The van der Waals surface area contributed by atoms with Gasteiger partial charge < -0.3 is 15.0 Å². The minimum Gasteiger partial charge on any atom is -0.497 e. The van der Waals surface area contributed by atoms with Crippen LogP contribution in [0.15, 0.2) is 71.6 Å². The summed E-state index contributed by atoms with van der Waals surface area (Å²) in [6.07, 6.45) is 0. The second-order valence-electron chi connectivity index (χ2n) is 9.20. The predicted molar refractivity (Wildman–Crippen MR) is 154 cm³/mol. The van der Waals surface area contributed by atoms with Crippen LogP contribution >= 0.6 is 11.6 Å². The van der Waals surface area contributed by atoms with E-state index in [1.165, 1.54) is 23.1 Å². The Kier molecular flexibility index (Phi) is 9.99. The fourth-order valence-electron chi connectivity index (χ4n) is 4.07. The number of ether oxygens (including phenoxy) is 1. The summed E-state index contributed by atoms with van der Waals surface area (Å²) in [5.41, 5.74) is 2.53. The number of anilines is 1. The monoisotopic (exact) mass is 571 g/mol. The van der Waals surface area contributed by atoms with Crippen LogP contribution in [0.4, 0.5) is 5.69 Å². The van der Waals surface area contributed by atoms with E-state index >= 15 is 0 Å². The molecule has 0 aliphatic rings. The number of benzene rings is 3. The molecule has 2 amide bonds. The second-order valence-corrected chi connectivity index (χ2v) is 11.5. The van der Waals surface area contributed by atoms with Gasteiger partial charge in [0.25, 0.3) is 10.0 Å². The van der Waals surface area contributed by atoms with Crippen molar-refractivity contribution in [2.45, 2.75) is 45.2 Å². The highest BCUT2D eigenvalue weighted by atomic mass is 35.5. The third-order valence-corrected chi connectivity index (χ3v) is 8.34. The molecule has 0 fully saturated rings. The molecular weight excluding hydrogens is 538 g/mol. The Bertz CT molecular complexity index is 1430. The minimum absolute atomic E-state index is 0.0383. The van der Waals surface area contributed by atoms with E-state index in [9.17, 15) is 18.0 Å². The fourth-order valence-corrected chi connectivity index (χ4v) is 5.71. The summed E-state index contributed by atoms with van der Waals surface area (Å²) in [7, 11) is -2.63. The number of hydrogen-bond acceptors (Lipinski definition) is 5. The lowest BCUT2D eigenvalue weighted by Crippen LogP contribution is -2.51. The predicted octanol–water partition coefficient (Wildman–Crippen LogP) is 4.71. The third kappa shape index (κ3) is 7.30. The third-order valence-electron chi connectivity index (χ3n) is 6.33. The number of nitrogens with zero attached hydrogens (tertiary/aromatic N) is 2. The number of carbonyl (C=O) groups is 2. The average molecular weight is 572 g/mol. The number of rotatable bonds is 11. The van der Waals surface area contributed by atoms with Gasteiger partial charge in [-0.1, -0.05) is 47.5 Å². The number of methoxy groups -OCH3 is 1. The normalized spacial score (nSPS) is 11.9. The first kappa shape index (κ1) is 30.0. The molecule has 3 aromatic carbocycles. The SMILES string of the molecule is CCNC(=O)[C@@H](C)N(Cc1cccc(OC)c1)C(=O)CN(c1cc(Cl)ccc1C)S(=O)(=O)c1ccc(C)cc1. The van der Waals surface area contributed by atoms with Gasteiger partial charge in [0.05, 0.1) is 17.7 Å². The van der Waals surface area contributed by atoms with Gasteiger partial charge in [0, 0.05) is 18.1 Å². The molecule has 1 atom stereocenters. The van der Waals surface area contributed by atoms with E-state index in [-0.39, 0.29) is 23.0 Å². The van der Waals surface area contributed by atoms with Crippen LogP contribution in [0.25, 0.3) is 0 Å². The highest BCUT2D eigenvalue weighted by molar-refractivity contribution is 7.92. The molecule has 39 heavy (non-hydrogen) atoms. The van der Waals surface area contributed by atoms with E-state index in [1.54, 1.807) is 70.3 Å². The van der Waals surface area contributed by atoms with E-state index in [2.05, 4.69) is 5.32 Å². The van der Waals surface area contributed by atoms with Crippen molar-refractivity contribution >= 4 is 39.1 Å². The van der Waals surface area contributed by atoms with Crippen molar-refractivity contribution in [2.75, 3.05) is 24.5 Å². The molecule has 10 heteroatoms. The number of likely N-dealkylation sites (N-methyl/N-ethyl adjacent to an activating group) is 1. The van der Waals surface area contributed by atoms with Gasteiger partial charge in [-0.05, 0) is 75.2 Å². The highest BCUT2D eigenvalue weighted by Crippen LogP contribution is 2.30. The zero-order valence-electron chi connectivity index (χ0n) is 22.8. The number of nitrogens with one attached hydrogen (secondary N) is 1. The summed E-state index contributed by atoms with van der Waals surface area (Å²) in [5, 5.41) is 3.07. The Labute approximate surface area is 235 Å². The van der Waals surface area contributed by atoms with Crippen LogP contribution in [0, 0.1) is 13.8 Å². The van der Waals surface area contributed by atoms with Gasteiger partial charge >= 0.3 is 0 Å². The summed E-state index contributed by atoms with van der Waals surface area (Å²) >= 11 is 6.26. The standard InChI is InChI=1S/C29H34ClN3O5S/c1-6-31-29(35)22(4)32(18-23-8-7-9-25(16-23)38-5)28(34)19-33(27-17-24(30)13-12-21(27)3)39(36,37)26-14-10-20(2)11-15-26/h7-17,22H,6,18-19H2,1-5H3,(H,31,35)/t22-/m1/s1. The number of hydrogen-bond donors (Lipinski definition) is 1. The van der Waals surface area contributed by atoms with Crippen molar-refractivity contribution in [1.82, 2.24) is 10.2 Å². The van der Waals surface area contributed by atoms with E-state index < -0.39 is 28.5 Å². The van der Waals surface area contributed by atoms with Gasteiger partial charge in [-0.2, -0.15) is 0 Å². The molecule has 3 aromatic rings. The molecule has 0 saturated carbocycles. The maximum atomic E-state index is 13.9. The van der Waals surface area contributed by atoms with Crippen LogP contribution in [0.2, 0.25) is 5.02 Å². The van der Waals surface area contributed by atoms with E-state index in [1.807, 2.05) is 13.0 Å². The van der Waals surface area contributed by atoms with E-state index in [0.717, 1.165) is 15.4 Å². The lowest BCUT2D eigenvalue weighted by molar-refractivity contribution is -0.139. The summed E-state index contributed by atoms with van der Waals surface area (Å²) in [6, 6.07) is 17.6. The molecule has 0 spiro atoms. The average Bonchev–Trinajstić information content (AvgIpc) is 2.91. The molecule has 0 aromatic heterocycles. The van der Waals surface area contributed by atoms with Crippen molar-refractivity contribution in [3.8, 4) is 5.75 Å². The van der Waals surface area contributed by atoms with Gasteiger partial charge in [-0.3, -0.25) is 13.9 Å². The molecule has 1 N–H and O–H groups in total. The number of carbonyl (C=O) groups excluding carboxylic acids is 2. The molecule has 0 aliphatic carbocycles. The second kappa shape index (κ2) is 13.0. The molecular formula is C29H34ClN3O5S. The zero-order valence-corrected chi connectivity index (χ0v) is 24.3. The van der Waals surface area contributed by atoms with Crippen LogP contribution in [-0.2, 0) is 26.2 Å². The summed E-state index contributed by atoms with van der Waals surface area (Å²) < 4.78 is 34.2. The molecule has 0 saturated heterocycles. The molecule has 0 radical (unpaired) electrons. The first-order valence-corrected chi connectivity index (χ1v) is 14.4. The Balaban J connectivity index is 2.08. The number of aryl methyl sites for hydroxylation is 2. The lowest BCUT2D eigenvalue weighted by atomic mass is 10.1. The van der Waals surface area contributed by atoms with Gasteiger partial charge in [0.15, 0.2) is 0 Å². The number of sulfonamides is 1. The molecule has 0 unspecified atom stereocenters. The molecule has 8 nitrogen and oxygen atoms in total. The smallest absolute Gasteiger partial charge is 0.264 e. The van der Waals surface area contributed by atoms with Crippen LogP contribution in [0.1, 0.15) is 30.5 Å². The van der Waals surface area contributed by atoms with Gasteiger partial charge in [0.1, 0.15) is 18.3 Å². The van der Waals surface area contributed by atoms with Crippen LogP contribution in [0.3, 0.4) is 0 Å². The van der Waals surface area contributed by atoms with Crippen LogP contribution in [0.5, 0.6) is 5.75 Å². The lowest BCUT2D eigenvalue weighted by Gasteiger charge is -2.32. The minimum atomic E-state index is -4.17. The number of halogens is 1. The van der Waals surface area contributed by atoms with Crippen LogP contribution < -0.4 is 14.4 Å². The largest absolute Gasteiger partial charge is 0.497 e.